The molecule has 1 unspecified atom stereocenters. The summed E-state index contributed by atoms with van der Waals surface area (Å²) in [5, 5.41) is 12.5. The van der Waals surface area contributed by atoms with Gasteiger partial charge in [-0.15, -0.1) is 0 Å². The maximum absolute atomic E-state index is 11.2. The Labute approximate surface area is 127 Å². The largest absolute Gasteiger partial charge is 0.478 e. The summed E-state index contributed by atoms with van der Waals surface area (Å²) in [4.78, 5) is 13.6. The smallest absolute Gasteiger partial charge is 0.337 e. The molecule has 0 saturated heterocycles. The van der Waals surface area contributed by atoms with Crippen LogP contribution in [-0.2, 0) is 0 Å². The molecule has 0 aliphatic heterocycles. The quantitative estimate of drug-likeness (QED) is 0.610. The number of rotatable bonds is 9. The van der Waals surface area contributed by atoms with Crippen LogP contribution in [0.3, 0.4) is 0 Å². The topological polar surface area (TPSA) is 78.6 Å². The molecule has 0 radical (unpaired) electrons. The number of nitrogens with one attached hydrogen (secondary N) is 1. The second-order valence-corrected chi connectivity index (χ2v) is 5.32. The number of aromatic carboxylic acids is 1. The van der Waals surface area contributed by atoms with Crippen molar-refractivity contribution >= 4 is 17.3 Å². The highest BCUT2D eigenvalue weighted by Gasteiger charge is 2.12. The van der Waals surface area contributed by atoms with Gasteiger partial charge in [0.1, 0.15) is 0 Å². The second kappa shape index (κ2) is 8.52. The monoisotopic (exact) mass is 293 g/mol. The van der Waals surface area contributed by atoms with E-state index in [0.717, 1.165) is 32.5 Å². The van der Waals surface area contributed by atoms with Gasteiger partial charge in [-0.3, -0.25) is 0 Å². The van der Waals surface area contributed by atoms with Gasteiger partial charge < -0.3 is 21.1 Å². The minimum Gasteiger partial charge on any atom is -0.478 e. The number of carbonyl (C=O) groups is 1. The van der Waals surface area contributed by atoms with Crippen molar-refractivity contribution in [2.45, 2.75) is 39.7 Å². The van der Waals surface area contributed by atoms with Crippen molar-refractivity contribution in [3.8, 4) is 0 Å². The highest BCUT2D eigenvalue weighted by atomic mass is 16.4. The van der Waals surface area contributed by atoms with Crippen LogP contribution in [0, 0.1) is 0 Å². The van der Waals surface area contributed by atoms with Crippen LogP contribution in [-0.4, -0.2) is 41.7 Å². The van der Waals surface area contributed by atoms with E-state index >= 15 is 0 Å². The first-order chi connectivity index (χ1) is 9.97. The van der Waals surface area contributed by atoms with Gasteiger partial charge in [0.25, 0.3) is 0 Å². The number of carboxylic acids is 1. The summed E-state index contributed by atoms with van der Waals surface area (Å²) < 4.78 is 0. The van der Waals surface area contributed by atoms with E-state index in [9.17, 15) is 9.90 Å². The Kier molecular flexibility index (Phi) is 7.02. The van der Waals surface area contributed by atoms with Crippen LogP contribution in [0.15, 0.2) is 18.2 Å². The molecular weight excluding hydrogens is 266 g/mol. The molecule has 4 N–H and O–H groups in total. The van der Waals surface area contributed by atoms with Gasteiger partial charge in [0, 0.05) is 17.4 Å². The number of nitrogens with zero attached hydrogens (tertiary/aromatic N) is 1. The molecule has 118 valence electrons. The van der Waals surface area contributed by atoms with Crippen LogP contribution in [0.2, 0.25) is 0 Å². The first-order valence-electron chi connectivity index (χ1n) is 7.59. The van der Waals surface area contributed by atoms with Crippen LogP contribution < -0.4 is 11.1 Å². The van der Waals surface area contributed by atoms with E-state index in [2.05, 4.69) is 31.0 Å². The molecule has 1 atom stereocenters. The first-order valence-corrected chi connectivity index (χ1v) is 7.59. The van der Waals surface area contributed by atoms with Gasteiger partial charge in [-0.2, -0.15) is 0 Å². The average Bonchev–Trinajstić information content (AvgIpc) is 2.45. The van der Waals surface area contributed by atoms with Crippen molar-refractivity contribution in [1.29, 1.82) is 0 Å². The van der Waals surface area contributed by atoms with Crippen LogP contribution in [0.1, 0.15) is 44.0 Å². The predicted molar refractivity (Wildman–Crippen MR) is 87.9 cm³/mol. The van der Waals surface area contributed by atoms with E-state index < -0.39 is 5.97 Å². The SMILES string of the molecule is CCN(CC)CCCC(C)Nc1ccc(N)cc1C(=O)O. The van der Waals surface area contributed by atoms with Crippen molar-refractivity contribution in [2.24, 2.45) is 0 Å². The Bertz CT molecular complexity index is 459. The van der Waals surface area contributed by atoms with E-state index in [-0.39, 0.29) is 11.6 Å². The van der Waals surface area contributed by atoms with Gasteiger partial charge in [0.15, 0.2) is 0 Å². The summed E-state index contributed by atoms with van der Waals surface area (Å²) in [6.45, 7) is 9.62. The summed E-state index contributed by atoms with van der Waals surface area (Å²) in [5.74, 6) is -0.958. The van der Waals surface area contributed by atoms with E-state index in [4.69, 9.17) is 5.73 Å². The molecule has 0 fully saturated rings. The zero-order chi connectivity index (χ0) is 15.8. The standard InChI is InChI=1S/C16H27N3O2/c1-4-19(5-2)10-6-7-12(3)18-15-9-8-13(17)11-14(15)16(20)21/h8-9,11-12,18H,4-7,10,17H2,1-3H3,(H,20,21). The van der Waals surface area contributed by atoms with Gasteiger partial charge in [-0.05, 0) is 57.6 Å². The van der Waals surface area contributed by atoms with Crippen molar-refractivity contribution in [2.75, 3.05) is 30.7 Å². The third-order valence-corrected chi connectivity index (χ3v) is 3.68. The highest BCUT2D eigenvalue weighted by Crippen LogP contribution is 2.20. The fraction of sp³-hybridized carbons (Fsp3) is 0.562. The molecule has 5 nitrogen and oxygen atoms in total. The minimum absolute atomic E-state index is 0.224. The van der Waals surface area contributed by atoms with Gasteiger partial charge in [0.05, 0.1) is 5.56 Å². The fourth-order valence-corrected chi connectivity index (χ4v) is 2.36. The van der Waals surface area contributed by atoms with Crippen molar-refractivity contribution in [3.63, 3.8) is 0 Å². The summed E-state index contributed by atoms with van der Waals surface area (Å²) in [6, 6.07) is 5.17. The number of nitrogens with two attached hydrogens (primary N) is 1. The molecular formula is C16H27N3O2. The number of benzene rings is 1. The molecule has 0 saturated carbocycles. The number of hydrogen-bond donors (Lipinski definition) is 3. The number of anilines is 2. The Morgan fingerprint density at radius 1 is 1.38 bits per heavy atom. The maximum atomic E-state index is 11.2. The molecule has 0 bridgehead atoms. The first kappa shape index (κ1) is 17.3. The van der Waals surface area contributed by atoms with Crippen molar-refractivity contribution in [1.82, 2.24) is 4.90 Å². The summed E-state index contributed by atoms with van der Waals surface area (Å²) in [7, 11) is 0. The molecule has 0 spiro atoms. The molecule has 21 heavy (non-hydrogen) atoms. The van der Waals surface area contributed by atoms with Crippen molar-refractivity contribution in [3.05, 3.63) is 23.8 Å². The van der Waals surface area contributed by atoms with Crippen LogP contribution in [0.5, 0.6) is 0 Å². The predicted octanol–water partition coefficient (Wildman–Crippen LogP) is 2.89. The normalized spacial score (nSPS) is 12.4. The Hall–Kier alpha value is -1.75. The number of hydrogen-bond acceptors (Lipinski definition) is 4. The molecule has 1 aromatic rings. The average molecular weight is 293 g/mol. The molecule has 0 aliphatic carbocycles. The molecule has 0 amide bonds. The maximum Gasteiger partial charge on any atom is 0.337 e. The zero-order valence-corrected chi connectivity index (χ0v) is 13.2. The van der Waals surface area contributed by atoms with E-state index in [0.29, 0.717) is 11.4 Å². The molecule has 5 heteroatoms. The Morgan fingerprint density at radius 2 is 2.05 bits per heavy atom. The van der Waals surface area contributed by atoms with Gasteiger partial charge >= 0.3 is 5.97 Å². The van der Waals surface area contributed by atoms with Crippen molar-refractivity contribution < 1.29 is 9.90 Å². The summed E-state index contributed by atoms with van der Waals surface area (Å²) >= 11 is 0. The Balaban J connectivity index is 2.55. The van der Waals surface area contributed by atoms with Crippen LogP contribution >= 0.6 is 0 Å². The summed E-state index contributed by atoms with van der Waals surface area (Å²) in [6.07, 6.45) is 2.09. The van der Waals surface area contributed by atoms with Crippen LogP contribution in [0.4, 0.5) is 11.4 Å². The van der Waals surface area contributed by atoms with E-state index in [1.54, 1.807) is 12.1 Å². The van der Waals surface area contributed by atoms with E-state index in [1.807, 2.05) is 0 Å². The molecule has 0 heterocycles. The molecule has 1 rings (SSSR count). The molecule has 1 aromatic carbocycles. The second-order valence-electron chi connectivity index (χ2n) is 5.32. The van der Waals surface area contributed by atoms with Gasteiger partial charge in [-0.25, -0.2) is 4.79 Å². The van der Waals surface area contributed by atoms with Gasteiger partial charge in [0.2, 0.25) is 0 Å². The lowest BCUT2D eigenvalue weighted by Gasteiger charge is -2.21. The molecule has 0 aromatic heterocycles. The fourth-order valence-electron chi connectivity index (χ4n) is 2.36. The third kappa shape index (κ3) is 5.63. The number of nitrogen functional groups attached to an aromatic ring is 1. The lowest BCUT2D eigenvalue weighted by Crippen LogP contribution is -2.26. The minimum atomic E-state index is -0.958. The van der Waals surface area contributed by atoms with E-state index in [1.165, 1.54) is 6.07 Å². The number of carboxylic acid groups (broad SMARTS) is 1. The molecule has 0 aliphatic rings. The third-order valence-electron chi connectivity index (χ3n) is 3.68. The Morgan fingerprint density at radius 3 is 2.62 bits per heavy atom. The van der Waals surface area contributed by atoms with Gasteiger partial charge in [-0.1, -0.05) is 13.8 Å². The summed E-state index contributed by atoms with van der Waals surface area (Å²) in [5.41, 5.74) is 6.97. The lowest BCUT2D eigenvalue weighted by atomic mass is 10.1. The highest BCUT2D eigenvalue weighted by molar-refractivity contribution is 5.95. The van der Waals surface area contributed by atoms with Crippen LogP contribution in [0.25, 0.3) is 0 Å². The zero-order valence-electron chi connectivity index (χ0n) is 13.2. The lowest BCUT2D eigenvalue weighted by molar-refractivity contribution is 0.0698.